The van der Waals surface area contributed by atoms with Crippen LogP contribution in [0.15, 0.2) is 29.8 Å². The van der Waals surface area contributed by atoms with Gasteiger partial charge in [-0.2, -0.15) is 0 Å². The molecule has 2 rings (SSSR count). The van der Waals surface area contributed by atoms with E-state index in [4.69, 9.17) is 11.6 Å². The lowest BCUT2D eigenvalue weighted by atomic mass is 10.2. The van der Waals surface area contributed by atoms with Crippen molar-refractivity contribution in [2.24, 2.45) is 0 Å². The minimum Gasteiger partial charge on any atom is -0.359 e. The topological polar surface area (TPSA) is 28.2 Å². The predicted octanol–water partition coefficient (Wildman–Crippen LogP) is 3.58. The summed E-state index contributed by atoms with van der Waals surface area (Å²) in [5.41, 5.74) is 1.10. The lowest BCUT2D eigenvalue weighted by molar-refractivity contribution is 0.725. The molecule has 3 nitrogen and oxygen atoms in total. The van der Waals surface area contributed by atoms with Gasteiger partial charge in [-0.3, -0.25) is 0 Å². The molecule has 20 heavy (non-hydrogen) atoms. The summed E-state index contributed by atoms with van der Waals surface area (Å²) < 4.78 is 0. The molecule has 0 aliphatic heterocycles. The molecule has 2 aromatic heterocycles. The number of anilines is 1. The fraction of sp³-hybridized carbons (Fsp3) is 0.400. The first-order chi connectivity index (χ1) is 9.70. The SMILES string of the molecule is CCNCc1cc(N(C)CCc2cccs2)ncc1Cl. The lowest BCUT2D eigenvalue weighted by Gasteiger charge is -2.19. The molecule has 0 saturated carbocycles. The Hall–Kier alpha value is -1.10. The number of hydrogen-bond donors (Lipinski definition) is 1. The molecule has 0 bridgehead atoms. The molecule has 0 fully saturated rings. The molecule has 0 atom stereocenters. The molecule has 0 aromatic carbocycles. The fourth-order valence-electron chi connectivity index (χ4n) is 1.92. The largest absolute Gasteiger partial charge is 0.359 e. The average Bonchev–Trinajstić information content (AvgIpc) is 2.97. The molecule has 2 aromatic rings. The van der Waals surface area contributed by atoms with E-state index >= 15 is 0 Å². The maximum atomic E-state index is 6.18. The van der Waals surface area contributed by atoms with Crippen molar-refractivity contribution in [3.63, 3.8) is 0 Å². The van der Waals surface area contributed by atoms with Crippen molar-refractivity contribution in [3.05, 3.63) is 45.2 Å². The van der Waals surface area contributed by atoms with Crippen molar-refractivity contribution >= 4 is 28.8 Å². The van der Waals surface area contributed by atoms with Crippen molar-refractivity contribution in [2.75, 3.05) is 25.0 Å². The van der Waals surface area contributed by atoms with Crippen molar-refractivity contribution in [3.8, 4) is 0 Å². The number of rotatable bonds is 7. The zero-order valence-corrected chi connectivity index (χ0v) is 13.5. The van der Waals surface area contributed by atoms with Gasteiger partial charge in [0, 0.05) is 31.2 Å². The second-order valence-corrected chi connectivity index (χ2v) is 6.10. The van der Waals surface area contributed by atoms with Gasteiger partial charge < -0.3 is 10.2 Å². The quantitative estimate of drug-likeness (QED) is 0.847. The minimum atomic E-state index is 0.723. The van der Waals surface area contributed by atoms with Gasteiger partial charge >= 0.3 is 0 Å². The number of aromatic nitrogens is 1. The van der Waals surface area contributed by atoms with Crippen LogP contribution in [-0.2, 0) is 13.0 Å². The molecule has 0 amide bonds. The molecule has 0 aliphatic carbocycles. The van der Waals surface area contributed by atoms with Gasteiger partial charge in [-0.15, -0.1) is 11.3 Å². The molecule has 1 N–H and O–H groups in total. The highest BCUT2D eigenvalue weighted by Gasteiger charge is 2.07. The van der Waals surface area contributed by atoms with E-state index in [1.54, 1.807) is 17.5 Å². The number of hydrogen-bond acceptors (Lipinski definition) is 4. The van der Waals surface area contributed by atoms with Crippen LogP contribution in [0.5, 0.6) is 0 Å². The van der Waals surface area contributed by atoms with E-state index in [9.17, 15) is 0 Å². The van der Waals surface area contributed by atoms with Crippen LogP contribution in [0, 0.1) is 0 Å². The number of thiophene rings is 1. The molecule has 2 heterocycles. The van der Waals surface area contributed by atoms with Gasteiger partial charge in [-0.1, -0.05) is 24.6 Å². The average molecular weight is 310 g/mol. The van der Waals surface area contributed by atoms with Gasteiger partial charge in [0.1, 0.15) is 5.82 Å². The third-order valence-electron chi connectivity index (χ3n) is 3.15. The summed E-state index contributed by atoms with van der Waals surface area (Å²) >= 11 is 7.97. The van der Waals surface area contributed by atoms with Crippen LogP contribution in [-0.4, -0.2) is 25.1 Å². The zero-order chi connectivity index (χ0) is 14.4. The minimum absolute atomic E-state index is 0.723. The van der Waals surface area contributed by atoms with Crippen LogP contribution in [0.3, 0.4) is 0 Å². The van der Waals surface area contributed by atoms with Gasteiger partial charge in [0.15, 0.2) is 0 Å². The molecule has 108 valence electrons. The lowest BCUT2D eigenvalue weighted by Crippen LogP contribution is -2.21. The number of halogens is 1. The van der Waals surface area contributed by atoms with E-state index in [1.165, 1.54) is 4.88 Å². The summed E-state index contributed by atoms with van der Waals surface area (Å²) in [6.07, 6.45) is 2.78. The Morgan fingerprint density at radius 3 is 3.00 bits per heavy atom. The van der Waals surface area contributed by atoms with Crippen molar-refractivity contribution < 1.29 is 0 Å². The normalized spacial score (nSPS) is 10.8. The third-order valence-corrected chi connectivity index (χ3v) is 4.43. The summed E-state index contributed by atoms with van der Waals surface area (Å²) in [5.74, 6) is 0.971. The molecule has 0 radical (unpaired) electrons. The van der Waals surface area contributed by atoms with Crippen LogP contribution in [0.4, 0.5) is 5.82 Å². The van der Waals surface area contributed by atoms with Gasteiger partial charge in [-0.25, -0.2) is 4.98 Å². The van der Waals surface area contributed by atoms with Crippen molar-refractivity contribution in [1.82, 2.24) is 10.3 Å². The van der Waals surface area contributed by atoms with E-state index in [1.807, 2.05) is 0 Å². The first kappa shape index (κ1) is 15.3. The third kappa shape index (κ3) is 4.20. The van der Waals surface area contributed by atoms with Gasteiger partial charge in [-0.05, 0) is 36.0 Å². The van der Waals surface area contributed by atoms with Gasteiger partial charge in [0.05, 0.1) is 5.02 Å². The molecule has 5 heteroatoms. The molecular formula is C15H20ClN3S. The molecule has 0 aliphatic rings. The van der Waals surface area contributed by atoms with Crippen LogP contribution in [0.2, 0.25) is 5.02 Å². The van der Waals surface area contributed by atoms with Gasteiger partial charge in [0.2, 0.25) is 0 Å². The highest BCUT2D eigenvalue weighted by molar-refractivity contribution is 7.09. The highest BCUT2D eigenvalue weighted by Crippen LogP contribution is 2.20. The summed E-state index contributed by atoms with van der Waals surface area (Å²) in [6, 6.07) is 6.33. The fourth-order valence-corrected chi connectivity index (χ4v) is 2.79. The van der Waals surface area contributed by atoms with Crippen LogP contribution in [0.1, 0.15) is 17.4 Å². The van der Waals surface area contributed by atoms with Crippen molar-refractivity contribution in [2.45, 2.75) is 19.9 Å². The maximum absolute atomic E-state index is 6.18. The summed E-state index contributed by atoms with van der Waals surface area (Å²) in [4.78, 5) is 7.99. The van der Waals surface area contributed by atoms with E-state index in [-0.39, 0.29) is 0 Å². The number of nitrogens with one attached hydrogen (secondary N) is 1. The second-order valence-electron chi connectivity index (χ2n) is 4.67. The highest BCUT2D eigenvalue weighted by atomic mass is 35.5. The Morgan fingerprint density at radius 1 is 1.45 bits per heavy atom. The van der Waals surface area contributed by atoms with Crippen molar-refractivity contribution in [1.29, 1.82) is 0 Å². The van der Waals surface area contributed by atoms with Crippen LogP contribution in [0.25, 0.3) is 0 Å². The number of pyridine rings is 1. The Kier molecular flexibility index (Phi) is 5.83. The standard InChI is InChI=1S/C15H20ClN3S/c1-3-17-10-12-9-15(18-11-14(12)16)19(2)7-6-13-5-4-8-20-13/h4-5,8-9,11,17H,3,6-7,10H2,1-2H3. The molecule has 0 spiro atoms. The maximum Gasteiger partial charge on any atom is 0.128 e. The zero-order valence-electron chi connectivity index (χ0n) is 11.9. The summed E-state index contributed by atoms with van der Waals surface area (Å²) in [6.45, 7) is 4.75. The van der Waals surface area contributed by atoms with E-state index < -0.39 is 0 Å². The molecular weight excluding hydrogens is 290 g/mol. The van der Waals surface area contributed by atoms with E-state index in [2.05, 4.69) is 52.8 Å². The van der Waals surface area contributed by atoms with Crippen LogP contribution >= 0.6 is 22.9 Å². The Bertz CT molecular complexity index is 528. The first-order valence-electron chi connectivity index (χ1n) is 6.79. The first-order valence-corrected chi connectivity index (χ1v) is 8.05. The monoisotopic (exact) mass is 309 g/mol. The summed E-state index contributed by atoms with van der Waals surface area (Å²) in [5, 5.41) is 6.14. The molecule has 0 saturated heterocycles. The van der Waals surface area contributed by atoms with E-state index in [0.717, 1.165) is 42.5 Å². The van der Waals surface area contributed by atoms with E-state index in [0.29, 0.717) is 0 Å². The summed E-state index contributed by atoms with van der Waals surface area (Å²) in [7, 11) is 2.07. The number of nitrogens with zero attached hydrogens (tertiary/aromatic N) is 2. The van der Waals surface area contributed by atoms with Crippen LogP contribution < -0.4 is 10.2 Å². The Morgan fingerprint density at radius 2 is 2.30 bits per heavy atom. The second kappa shape index (κ2) is 7.62. The number of likely N-dealkylation sites (N-methyl/N-ethyl adjacent to an activating group) is 1. The van der Waals surface area contributed by atoms with Gasteiger partial charge in [0.25, 0.3) is 0 Å². The Labute approximate surface area is 129 Å². The Balaban J connectivity index is 1.99. The predicted molar refractivity (Wildman–Crippen MR) is 87.9 cm³/mol. The smallest absolute Gasteiger partial charge is 0.128 e. The molecule has 0 unspecified atom stereocenters.